The normalized spacial score (nSPS) is 29.1. The molecule has 0 unspecified atom stereocenters. The minimum atomic E-state index is -1.18. The molecule has 1 saturated carbocycles. The second-order valence-electron chi connectivity index (χ2n) is 5.23. The quantitative estimate of drug-likeness (QED) is 0.456. The molecule has 0 heterocycles. The van der Waals surface area contributed by atoms with Crippen molar-refractivity contribution >= 4 is 23.8 Å². The van der Waals surface area contributed by atoms with Crippen LogP contribution in [-0.2, 0) is 19.2 Å². The van der Waals surface area contributed by atoms with Gasteiger partial charge in [-0.2, -0.15) is 0 Å². The number of allylic oxidation sites excluding steroid dienone is 2. The van der Waals surface area contributed by atoms with Crippen molar-refractivity contribution in [2.24, 2.45) is 23.7 Å². The largest absolute Gasteiger partial charge is 0.481 e. The maximum Gasteiger partial charge on any atom is 0.322 e. The Kier molecular flexibility index (Phi) is 4.25. The van der Waals surface area contributed by atoms with Gasteiger partial charge in [0.2, 0.25) is 11.8 Å². The van der Waals surface area contributed by atoms with E-state index < -0.39 is 42.1 Å². The third kappa shape index (κ3) is 3.21. The van der Waals surface area contributed by atoms with Gasteiger partial charge in [-0.3, -0.25) is 19.2 Å². The molecule has 0 aliphatic heterocycles. The third-order valence-electron chi connectivity index (χ3n) is 3.91. The maximum atomic E-state index is 12.1. The zero-order chi connectivity index (χ0) is 15.6. The molecule has 2 aliphatic rings. The van der Waals surface area contributed by atoms with E-state index in [0.29, 0.717) is 6.42 Å². The fourth-order valence-corrected chi connectivity index (χ4v) is 3.04. The number of nitrogens with one attached hydrogen (secondary N) is 2. The van der Waals surface area contributed by atoms with Gasteiger partial charge in [0.15, 0.2) is 0 Å². The molecule has 8 heteroatoms. The molecule has 1 fully saturated rings. The number of rotatable bonds is 6. The van der Waals surface area contributed by atoms with Gasteiger partial charge in [0.1, 0.15) is 6.54 Å². The third-order valence-corrected chi connectivity index (χ3v) is 3.91. The van der Waals surface area contributed by atoms with Crippen molar-refractivity contribution in [1.29, 1.82) is 0 Å². The van der Waals surface area contributed by atoms with Gasteiger partial charge in [0.25, 0.3) is 0 Å². The summed E-state index contributed by atoms with van der Waals surface area (Å²) >= 11 is 0. The predicted molar refractivity (Wildman–Crippen MR) is 69.0 cm³/mol. The molecule has 4 atom stereocenters. The number of hydrogen-bond donors (Lipinski definition) is 4. The Hall–Kier alpha value is -2.38. The molecule has 21 heavy (non-hydrogen) atoms. The van der Waals surface area contributed by atoms with Gasteiger partial charge in [-0.05, 0) is 18.3 Å². The summed E-state index contributed by atoms with van der Waals surface area (Å²) in [6.45, 7) is -0.890. The van der Waals surface area contributed by atoms with Crippen LogP contribution in [0, 0.1) is 23.7 Å². The van der Waals surface area contributed by atoms with Gasteiger partial charge in [-0.15, -0.1) is 0 Å². The Morgan fingerprint density at radius 2 is 1.57 bits per heavy atom. The van der Waals surface area contributed by atoms with Crippen LogP contribution in [0.3, 0.4) is 0 Å². The minimum absolute atomic E-state index is 0.113. The van der Waals surface area contributed by atoms with Crippen LogP contribution in [0.5, 0.6) is 0 Å². The first kappa shape index (κ1) is 15.0. The smallest absolute Gasteiger partial charge is 0.322 e. The van der Waals surface area contributed by atoms with Crippen molar-refractivity contribution in [2.45, 2.75) is 6.42 Å². The van der Waals surface area contributed by atoms with Crippen LogP contribution in [-0.4, -0.2) is 47.1 Å². The maximum absolute atomic E-state index is 12.1. The van der Waals surface area contributed by atoms with Crippen LogP contribution < -0.4 is 10.6 Å². The highest BCUT2D eigenvalue weighted by Gasteiger charge is 2.51. The Morgan fingerprint density at radius 1 is 0.952 bits per heavy atom. The first-order valence-electron chi connectivity index (χ1n) is 6.57. The summed E-state index contributed by atoms with van der Waals surface area (Å²) in [5.74, 6) is -4.99. The number of fused-ring (bicyclic) bond motifs is 2. The highest BCUT2D eigenvalue weighted by atomic mass is 16.4. The standard InChI is InChI=1S/C13H16N2O6/c16-8(14-5-9(17)18)4-15-12(19)10-6-1-2-7(3-6)11(10)13(20)21/h1-2,6-7,10-11H,3-5H2,(H,14,16)(H,15,19)(H,17,18)(H,20,21)/t6-,7+,10+,11-/m0/s1. The van der Waals surface area contributed by atoms with E-state index in [1.54, 1.807) is 0 Å². The lowest BCUT2D eigenvalue weighted by Gasteiger charge is -2.23. The fourth-order valence-electron chi connectivity index (χ4n) is 3.04. The molecular weight excluding hydrogens is 280 g/mol. The van der Waals surface area contributed by atoms with Crippen molar-refractivity contribution in [3.63, 3.8) is 0 Å². The SMILES string of the molecule is O=C(O)CNC(=O)CNC(=O)[C@H]1[C@@H](C(=O)O)[C@@H]2C=C[C@H]1C2. The topological polar surface area (TPSA) is 133 Å². The molecule has 4 N–H and O–H groups in total. The van der Waals surface area contributed by atoms with Gasteiger partial charge in [-0.25, -0.2) is 0 Å². The highest BCUT2D eigenvalue weighted by molar-refractivity contribution is 5.90. The van der Waals surface area contributed by atoms with Gasteiger partial charge >= 0.3 is 11.9 Å². The summed E-state index contributed by atoms with van der Waals surface area (Å²) in [6, 6.07) is 0. The first-order valence-corrected chi connectivity index (χ1v) is 6.57. The van der Waals surface area contributed by atoms with E-state index in [9.17, 15) is 24.3 Å². The van der Waals surface area contributed by atoms with Crippen molar-refractivity contribution in [3.05, 3.63) is 12.2 Å². The average Bonchev–Trinajstić information content (AvgIpc) is 3.02. The van der Waals surface area contributed by atoms with E-state index in [1.807, 2.05) is 12.2 Å². The lowest BCUT2D eigenvalue weighted by molar-refractivity contribution is -0.148. The monoisotopic (exact) mass is 296 g/mol. The first-order chi connectivity index (χ1) is 9.90. The van der Waals surface area contributed by atoms with E-state index >= 15 is 0 Å². The summed E-state index contributed by atoms with van der Waals surface area (Å²) in [6.07, 6.45) is 4.31. The highest BCUT2D eigenvalue weighted by Crippen LogP contribution is 2.48. The van der Waals surface area contributed by atoms with Gasteiger partial charge < -0.3 is 20.8 Å². The lowest BCUT2D eigenvalue weighted by Crippen LogP contribution is -2.44. The molecule has 0 aromatic heterocycles. The second-order valence-corrected chi connectivity index (χ2v) is 5.23. The minimum Gasteiger partial charge on any atom is -0.481 e. The molecule has 2 rings (SSSR count). The van der Waals surface area contributed by atoms with Crippen molar-refractivity contribution < 1.29 is 29.4 Å². The molecular formula is C13H16N2O6. The number of carbonyl (C=O) groups excluding carboxylic acids is 2. The lowest BCUT2D eigenvalue weighted by atomic mass is 9.82. The molecule has 0 aromatic rings. The number of amides is 2. The summed E-state index contributed by atoms with van der Waals surface area (Å²) in [5.41, 5.74) is 0. The van der Waals surface area contributed by atoms with Crippen LogP contribution in [0.4, 0.5) is 0 Å². The predicted octanol–water partition coefficient (Wildman–Crippen LogP) is -1.17. The average molecular weight is 296 g/mol. The van der Waals surface area contributed by atoms with Crippen LogP contribution in [0.1, 0.15) is 6.42 Å². The Morgan fingerprint density at radius 3 is 2.14 bits per heavy atom. The van der Waals surface area contributed by atoms with E-state index in [1.165, 1.54) is 0 Å². The van der Waals surface area contributed by atoms with E-state index in [0.717, 1.165) is 0 Å². The van der Waals surface area contributed by atoms with Crippen LogP contribution in [0.2, 0.25) is 0 Å². The van der Waals surface area contributed by atoms with E-state index in [4.69, 9.17) is 5.11 Å². The number of hydrogen-bond acceptors (Lipinski definition) is 4. The van der Waals surface area contributed by atoms with Crippen LogP contribution in [0.15, 0.2) is 12.2 Å². The molecule has 2 amide bonds. The molecule has 2 aliphatic carbocycles. The summed E-state index contributed by atoms with van der Waals surface area (Å²) in [5, 5.41) is 22.1. The second kappa shape index (κ2) is 5.94. The molecule has 8 nitrogen and oxygen atoms in total. The molecule has 0 saturated heterocycles. The van der Waals surface area contributed by atoms with Crippen molar-refractivity contribution in [3.8, 4) is 0 Å². The molecule has 0 spiro atoms. The van der Waals surface area contributed by atoms with Gasteiger partial charge in [0, 0.05) is 0 Å². The summed E-state index contributed by atoms with van der Waals surface area (Å²) in [7, 11) is 0. The van der Waals surface area contributed by atoms with E-state index in [2.05, 4.69) is 10.6 Å². The van der Waals surface area contributed by atoms with Crippen LogP contribution in [0.25, 0.3) is 0 Å². The molecule has 114 valence electrons. The number of carbonyl (C=O) groups is 4. The molecule has 0 aromatic carbocycles. The van der Waals surface area contributed by atoms with Crippen molar-refractivity contribution in [2.75, 3.05) is 13.1 Å². The number of aliphatic carboxylic acids is 2. The Bertz CT molecular complexity index is 515. The Labute approximate surface area is 120 Å². The molecule has 0 radical (unpaired) electrons. The number of carboxylic acid groups (broad SMARTS) is 2. The summed E-state index contributed by atoms with van der Waals surface area (Å²) in [4.78, 5) is 45.0. The summed E-state index contributed by atoms with van der Waals surface area (Å²) < 4.78 is 0. The van der Waals surface area contributed by atoms with Gasteiger partial charge in [-0.1, -0.05) is 12.2 Å². The zero-order valence-corrected chi connectivity index (χ0v) is 11.1. The Balaban J connectivity index is 1.88. The molecule has 2 bridgehead atoms. The zero-order valence-electron chi connectivity index (χ0n) is 11.1. The van der Waals surface area contributed by atoms with Crippen molar-refractivity contribution in [1.82, 2.24) is 10.6 Å². The number of carboxylic acids is 2. The van der Waals surface area contributed by atoms with Gasteiger partial charge in [0.05, 0.1) is 18.4 Å². The fraction of sp³-hybridized carbons (Fsp3) is 0.538. The van der Waals surface area contributed by atoms with Crippen LogP contribution >= 0.6 is 0 Å². The van der Waals surface area contributed by atoms with E-state index in [-0.39, 0.29) is 18.4 Å².